The molecule has 2 N–H and O–H groups in total. The van der Waals surface area contributed by atoms with E-state index in [2.05, 4.69) is 0 Å². The second-order valence-electron chi connectivity index (χ2n) is 4.84. The molecule has 19 heavy (non-hydrogen) atoms. The van der Waals surface area contributed by atoms with Crippen LogP contribution in [0.25, 0.3) is 0 Å². The van der Waals surface area contributed by atoms with Gasteiger partial charge >= 0.3 is 0 Å². The van der Waals surface area contributed by atoms with Gasteiger partial charge in [-0.1, -0.05) is 0 Å². The van der Waals surface area contributed by atoms with E-state index in [0.717, 1.165) is 12.8 Å². The zero-order chi connectivity index (χ0) is 13.8. The van der Waals surface area contributed by atoms with Crippen LogP contribution >= 0.6 is 0 Å². The number of halogens is 1. The average Bonchev–Trinajstić information content (AvgIpc) is 2.46. The Labute approximate surface area is 112 Å². The van der Waals surface area contributed by atoms with E-state index in [1.165, 1.54) is 19.2 Å². The fourth-order valence-electron chi connectivity index (χ4n) is 2.42. The first-order valence-corrected chi connectivity index (χ1v) is 6.48. The van der Waals surface area contributed by atoms with Crippen molar-refractivity contribution >= 4 is 5.91 Å². The van der Waals surface area contributed by atoms with Crippen molar-refractivity contribution in [2.75, 3.05) is 26.7 Å². The minimum Gasteiger partial charge on any atom is -0.494 e. The zero-order valence-electron chi connectivity index (χ0n) is 11.1. The van der Waals surface area contributed by atoms with Crippen LogP contribution in [0.4, 0.5) is 4.39 Å². The lowest BCUT2D eigenvalue weighted by atomic mass is 9.97. The van der Waals surface area contributed by atoms with Crippen LogP contribution in [0.5, 0.6) is 5.75 Å². The highest BCUT2D eigenvalue weighted by molar-refractivity contribution is 5.94. The van der Waals surface area contributed by atoms with E-state index in [-0.39, 0.29) is 11.7 Å². The van der Waals surface area contributed by atoms with E-state index in [4.69, 9.17) is 10.5 Å². The molecule has 1 saturated heterocycles. The Kier molecular flexibility index (Phi) is 4.37. The van der Waals surface area contributed by atoms with E-state index in [0.29, 0.717) is 31.1 Å². The van der Waals surface area contributed by atoms with Gasteiger partial charge in [0.15, 0.2) is 11.6 Å². The summed E-state index contributed by atoms with van der Waals surface area (Å²) in [7, 11) is 1.40. The number of likely N-dealkylation sites (tertiary alicyclic amines) is 1. The molecule has 0 spiro atoms. The highest BCUT2D eigenvalue weighted by Crippen LogP contribution is 2.21. The Morgan fingerprint density at radius 1 is 1.58 bits per heavy atom. The van der Waals surface area contributed by atoms with Gasteiger partial charge in [-0.15, -0.1) is 0 Å². The molecule has 0 saturated carbocycles. The predicted molar refractivity (Wildman–Crippen MR) is 70.6 cm³/mol. The molecule has 1 aromatic rings. The van der Waals surface area contributed by atoms with Crippen molar-refractivity contribution in [3.8, 4) is 5.75 Å². The summed E-state index contributed by atoms with van der Waals surface area (Å²) in [6, 6.07) is 4.30. The third-order valence-corrected chi connectivity index (χ3v) is 3.54. The summed E-state index contributed by atoms with van der Waals surface area (Å²) in [5.41, 5.74) is 6.01. The third-order valence-electron chi connectivity index (χ3n) is 3.54. The zero-order valence-corrected chi connectivity index (χ0v) is 11.1. The van der Waals surface area contributed by atoms with E-state index >= 15 is 0 Å². The number of carbonyl (C=O) groups is 1. The summed E-state index contributed by atoms with van der Waals surface area (Å²) in [6.07, 6.45) is 2.00. The molecule has 0 aliphatic carbocycles. The largest absolute Gasteiger partial charge is 0.494 e. The first kappa shape index (κ1) is 13.8. The van der Waals surface area contributed by atoms with Gasteiger partial charge < -0.3 is 15.4 Å². The molecule has 2 rings (SSSR count). The highest BCUT2D eigenvalue weighted by Gasteiger charge is 2.24. The quantitative estimate of drug-likeness (QED) is 0.905. The maximum atomic E-state index is 13.6. The molecule has 0 radical (unpaired) electrons. The van der Waals surface area contributed by atoms with Gasteiger partial charge in [0, 0.05) is 18.7 Å². The number of hydrogen-bond acceptors (Lipinski definition) is 3. The van der Waals surface area contributed by atoms with Crippen molar-refractivity contribution in [3.05, 3.63) is 29.6 Å². The Morgan fingerprint density at radius 2 is 2.37 bits per heavy atom. The lowest BCUT2D eigenvalue weighted by Gasteiger charge is -2.32. The molecule has 5 heteroatoms. The van der Waals surface area contributed by atoms with Gasteiger partial charge in [0.2, 0.25) is 0 Å². The molecule has 1 atom stereocenters. The third kappa shape index (κ3) is 3.04. The van der Waals surface area contributed by atoms with Gasteiger partial charge in [-0.05, 0) is 43.5 Å². The Balaban J connectivity index is 2.12. The number of nitrogens with two attached hydrogens (primary N) is 1. The van der Waals surface area contributed by atoms with E-state index < -0.39 is 5.82 Å². The summed E-state index contributed by atoms with van der Waals surface area (Å²) in [4.78, 5) is 14.0. The minimum atomic E-state index is -0.513. The van der Waals surface area contributed by atoms with Crippen LogP contribution in [0, 0.1) is 11.7 Å². The Hall–Kier alpha value is -1.62. The topological polar surface area (TPSA) is 55.6 Å². The SMILES string of the molecule is COc1ccc(C(=O)N2CCCC(CN)C2)cc1F. The maximum Gasteiger partial charge on any atom is 0.253 e. The number of piperidine rings is 1. The number of rotatable bonds is 3. The summed E-state index contributed by atoms with van der Waals surface area (Å²) >= 11 is 0. The summed E-state index contributed by atoms with van der Waals surface area (Å²) in [6.45, 7) is 1.95. The first-order valence-electron chi connectivity index (χ1n) is 6.48. The number of benzene rings is 1. The molecule has 1 unspecified atom stereocenters. The second kappa shape index (κ2) is 6.02. The number of hydrogen-bond donors (Lipinski definition) is 1. The van der Waals surface area contributed by atoms with Crippen LogP contribution in [-0.4, -0.2) is 37.6 Å². The van der Waals surface area contributed by atoms with Crippen molar-refractivity contribution in [3.63, 3.8) is 0 Å². The van der Waals surface area contributed by atoms with Gasteiger partial charge in [-0.25, -0.2) is 4.39 Å². The van der Waals surface area contributed by atoms with Gasteiger partial charge in [0.05, 0.1) is 7.11 Å². The summed E-state index contributed by atoms with van der Waals surface area (Å²) in [5.74, 6) is -0.156. The molecular formula is C14H19FN2O2. The van der Waals surface area contributed by atoms with Gasteiger partial charge in [0.25, 0.3) is 5.91 Å². The molecule has 4 nitrogen and oxygen atoms in total. The van der Waals surface area contributed by atoms with E-state index in [9.17, 15) is 9.18 Å². The van der Waals surface area contributed by atoms with Crippen molar-refractivity contribution in [1.29, 1.82) is 0 Å². The number of nitrogens with zero attached hydrogens (tertiary/aromatic N) is 1. The lowest BCUT2D eigenvalue weighted by molar-refractivity contribution is 0.0677. The van der Waals surface area contributed by atoms with Crippen molar-refractivity contribution in [2.24, 2.45) is 11.7 Å². The van der Waals surface area contributed by atoms with Crippen LogP contribution in [-0.2, 0) is 0 Å². The first-order chi connectivity index (χ1) is 9.15. The normalized spacial score (nSPS) is 19.3. The molecule has 1 aliphatic rings. The van der Waals surface area contributed by atoms with Crippen molar-refractivity contribution in [2.45, 2.75) is 12.8 Å². The van der Waals surface area contributed by atoms with Crippen LogP contribution < -0.4 is 10.5 Å². The Morgan fingerprint density at radius 3 is 3.00 bits per heavy atom. The fraction of sp³-hybridized carbons (Fsp3) is 0.500. The van der Waals surface area contributed by atoms with Crippen LogP contribution in [0.3, 0.4) is 0 Å². The monoisotopic (exact) mass is 266 g/mol. The molecule has 1 aliphatic heterocycles. The van der Waals surface area contributed by atoms with Crippen LogP contribution in [0.2, 0.25) is 0 Å². The average molecular weight is 266 g/mol. The molecule has 1 fully saturated rings. The van der Waals surface area contributed by atoms with Crippen molar-refractivity contribution < 1.29 is 13.9 Å². The highest BCUT2D eigenvalue weighted by atomic mass is 19.1. The predicted octanol–water partition coefficient (Wildman–Crippen LogP) is 1.65. The van der Waals surface area contributed by atoms with Gasteiger partial charge in [-0.2, -0.15) is 0 Å². The maximum absolute atomic E-state index is 13.6. The number of amides is 1. The second-order valence-corrected chi connectivity index (χ2v) is 4.84. The summed E-state index contributed by atoms with van der Waals surface area (Å²) < 4.78 is 18.4. The Bertz CT molecular complexity index is 465. The number of ether oxygens (including phenoxy) is 1. The fourth-order valence-corrected chi connectivity index (χ4v) is 2.42. The molecule has 1 heterocycles. The lowest BCUT2D eigenvalue weighted by Crippen LogP contribution is -2.42. The molecule has 104 valence electrons. The smallest absolute Gasteiger partial charge is 0.253 e. The van der Waals surface area contributed by atoms with Crippen LogP contribution in [0.15, 0.2) is 18.2 Å². The van der Waals surface area contributed by atoms with Gasteiger partial charge in [0.1, 0.15) is 0 Å². The summed E-state index contributed by atoms with van der Waals surface area (Å²) in [5, 5.41) is 0. The molecule has 1 amide bonds. The molecule has 0 aromatic heterocycles. The minimum absolute atomic E-state index is 0.139. The standard InChI is InChI=1S/C14H19FN2O2/c1-19-13-5-4-11(7-12(13)15)14(18)17-6-2-3-10(8-16)9-17/h4-5,7,10H,2-3,6,8-9,16H2,1H3. The van der Waals surface area contributed by atoms with Crippen LogP contribution in [0.1, 0.15) is 23.2 Å². The molecule has 0 bridgehead atoms. The van der Waals surface area contributed by atoms with E-state index in [1.54, 1.807) is 11.0 Å². The van der Waals surface area contributed by atoms with E-state index in [1.807, 2.05) is 0 Å². The van der Waals surface area contributed by atoms with Crippen molar-refractivity contribution in [1.82, 2.24) is 4.90 Å². The number of carbonyl (C=O) groups excluding carboxylic acids is 1. The molecule has 1 aromatic carbocycles. The number of methoxy groups -OCH3 is 1. The molecular weight excluding hydrogens is 247 g/mol. The van der Waals surface area contributed by atoms with Gasteiger partial charge in [-0.3, -0.25) is 4.79 Å².